The third-order valence-corrected chi connectivity index (χ3v) is 6.19. The first-order valence-electron chi connectivity index (χ1n) is 11.1. The highest BCUT2D eigenvalue weighted by Gasteiger charge is 2.31. The van der Waals surface area contributed by atoms with Gasteiger partial charge in [0.2, 0.25) is 5.91 Å². The van der Waals surface area contributed by atoms with Gasteiger partial charge < -0.3 is 14.5 Å². The minimum Gasteiger partial charge on any atom is -0.381 e. The Morgan fingerprint density at radius 1 is 1.10 bits per heavy atom. The summed E-state index contributed by atoms with van der Waals surface area (Å²) in [6.07, 6.45) is 2.57. The highest BCUT2D eigenvalue weighted by atomic mass is 16.5. The molecule has 6 nitrogen and oxygen atoms in total. The third kappa shape index (κ3) is 4.48. The van der Waals surface area contributed by atoms with E-state index in [2.05, 4.69) is 43.0 Å². The van der Waals surface area contributed by atoms with Gasteiger partial charge >= 0.3 is 0 Å². The smallest absolute Gasteiger partial charge is 0.228 e. The second-order valence-corrected chi connectivity index (χ2v) is 8.41. The van der Waals surface area contributed by atoms with Crippen molar-refractivity contribution < 1.29 is 9.53 Å². The molecule has 6 heteroatoms. The molecule has 0 N–H and O–H groups in total. The lowest BCUT2D eigenvalue weighted by molar-refractivity contribution is -0.135. The van der Waals surface area contributed by atoms with Gasteiger partial charge in [0.1, 0.15) is 11.6 Å². The first-order chi connectivity index (χ1) is 14.5. The molecule has 2 saturated heterocycles. The van der Waals surface area contributed by atoms with Crippen LogP contribution in [-0.2, 0) is 22.4 Å². The van der Waals surface area contributed by atoms with E-state index >= 15 is 0 Å². The van der Waals surface area contributed by atoms with E-state index in [1.165, 1.54) is 16.7 Å². The number of benzene rings is 1. The van der Waals surface area contributed by atoms with Crippen LogP contribution >= 0.6 is 0 Å². The first kappa shape index (κ1) is 20.8. The fourth-order valence-electron chi connectivity index (χ4n) is 4.41. The van der Waals surface area contributed by atoms with Crippen LogP contribution in [0.4, 0.5) is 5.82 Å². The van der Waals surface area contributed by atoms with Gasteiger partial charge in [-0.1, -0.05) is 36.8 Å². The van der Waals surface area contributed by atoms with Gasteiger partial charge in [-0.15, -0.1) is 0 Å². The van der Waals surface area contributed by atoms with Crippen molar-refractivity contribution in [3.8, 4) is 0 Å². The predicted molar refractivity (Wildman–Crippen MR) is 118 cm³/mol. The van der Waals surface area contributed by atoms with E-state index in [-0.39, 0.29) is 11.8 Å². The van der Waals surface area contributed by atoms with Gasteiger partial charge in [0.25, 0.3) is 0 Å². The van der Waals surface area contributed by atoms with Crippen molar-refractivity contribution >= 4 is 11.7 Å². The number of carbonyl (C=O) groups is 1. The Hall–Kier alpha value is -2.47. The third-order valence-electron chi connectivity index (χ3n) is 6.19. The average Bonchev–Trinajstić information content (AvgIpc) is 3.30. The quantitative estimate of drug-likeness (QED) is 0.761. The molecule has 1 amide bonds. The van der Waals surface area contributed by atoms with E-state index in [0.29, 0.717) is 13.2 Å². The van der Waals surface area contributed by atoms with Gasteiger partial charge in [-0.3, -0.25) is 4.79 Å². The van der Waals surface area contributed by atoms with Crippen molar-refractivity contribution in [2.75, 3.05) is 44.3 Å². The molecule has 2 fully saturated rings. The van der Waals surface area contributed by atoms with Gasteiger partial charge in [0.05, 0.1) is 12.5 Å². The Morgan fingerprint density at radius 3 is 2.47 bits per heavy atom. The topological polar surface area (TPSA) is 58.6 Å². The van der Waals surface area contributed by atoms with Crippen LogP contribution in [0, 0.1) is 19.8 Å². The van der Waals surface area contributed by atoms with Crippen molar-refractivity contribution in [2.45, 2.75) is 40.0 Å². The molecule has 0 bridgehead atoms. The maximum atomic E-state index is 12.7. The minimum absolute atomic E-state index is 0.0432. The van der Waals surface area contributed by atoms with Crippen LogP contribution in [0.15, 0.2) is 24.3 Å². The lowest BCUT2D eigenvalue weighted by Crippen LogP contribution is -2.51. The number of amides is 1. The molecule has 0 saturated carbocycles. The van der Waals surface area contributed by atoms with Crippen molar-refractivity contribution in [1.82, 2.24) is 14.9 Å². The molecule has 2 aromatic rings. The molecule has 160 valence electrons. The Bertz CT molecular complexity index is 883. The van der Waals surface area contributed by atoms with Crippen LogP contribution in [0.2, 0.25) is 0 Å². The van der Waals surface area contributed by atoms with Crippen molar-refractivity contribution in [3.63, 3.8) is 0 Å². The zero-order valence-corrected chi connectivity index (χ0v) is 18.4. The fourth-order valence-corrected chi connectivity index (χ4v) is 4.41. The number of ether oxygens (including phenoxy) is 1. The van der Waals surface area contributed by atoms with Crippen LogP contribution < -0.4 is 4.90 Å². The summed E-state index contributed by atoms with van der Waals surface area (Å²) in [6.45, 7) is 10.6. The van der Waals surface area contributed by atoms with Crippen LogP contribution in [0.25, 0.3) is 0 Å². The highest BCUT2D eigenvalue weighted by Crippen LogP contribution is 2.27. The number of carbonyl (C=O) groups excluding carboxylic acids is 1. The van der Waals surface area contributed by atoms with Crippen molar-refractivity contribution in [3.05, 3.63) is 52.5 Å². The lowest BCUT2D eigenvalue weighted by atomic mass is 10.0. The number of hydrogen-bond acceptors (Lipinski definition) is 5. The molecular weight excluding hydrogens is 376 g/mol. The minimum atomic E-state index is 0.0432. The molecule has 3 heterocycles. The van der Waals surface area contributed by atoms with E-state index in [9.17, 15) is 4.79 Å². The second-order valence-electron chi connectivity index (χ2n) is 8.41. The average molecular weight is 409 g/mol. The Kier molecular flexibility index (Phi) is 6.32. The van der Waals surface area contributed by atoms with E-state index in [1.54, 1.807) is 0 Å². The first-order valence-corrected chi connectivity index (χ1v) is 11.1. The van der Waals surface area contributed by atoms with Crippen LogP contribution in [0.1, 0.15) is 41.6 Å². The van der Waals surface area contributed by atoms with Crippen molar-refractivity contribution in [2.24, 2.45) is 5.92 Å². The summed E-state index contributed by atoms with van der Waals surface area (Å²) in [5.41, 5.74) is 4.89. The van der Waals surface area contributed by atoms with Crippen LogP contribution in [0.5, 0.6) is 0 Å². The second kappa shape index (κ2) is 9.13. The standard InChI is InChI=1S/C24H32N4O2/c1-4-22-21(15-19-7-5-17(2)6-8-19)23(26-18(3)25-22)27-10-12-28(13-11-27)24(29)20-9-14-30-16-20/h5-8,20H,4,9-16H2,1-3H3/t20-/m0/s1. The van der Waals surface area contributed by atoms with E-state index in [0.717, 1.165) is 62.8 Å². The summed E-state index contributed by atoms with van der Waals surface area (Å²) < 4.78 is 5.40. The molecule has 4 rings (SSSR count). The van der Waals surface area contributed by atoms with Crippen molar-refractivity contribution in [1.29, 1.82) is 0 Å². The maximum absolute atomic E-state index is 12.7. The predicted octanol–water partition coefficient (Wildman–Crippen LogP) is 2.93. The number of nitrogens with zero attached hydrogens (tertiary/aromatic N) is 4. The Labute approximate surface area is 179 Å². The molecule has 1 aromatic heterocycles. The maximum Gasteiger partial charge on any atom is 0.228 e. The molecule has 0 aliphatic carbocycles. The molecule has 0 spiro atoms. The molecule has 2 aliphatic heterocycles. The SMILES string of the molecule is CCc1nc(C)nc(N2CCN(C(=O)[C@H]3CCOC3)CC2)c1Cc1ccc(C)cc1. The zero-order chi connectivity index (χ0) is 21.1. The number of aryl methyl sites for hydroxylation is 3. The van der Waals surface area contributed by atoms with E-state index in [1.807, 2.05) is 11.8 Å². The van der Waals surface area contributed by atoms with Gasteiger partial charge in [0.15, 0.2) is 0 Å². The molecule has 30 heavy (non-hydrogen) atoms. The molecule has 1 atom stereocenters. The van der Waals surface area contributed by atoms with E-state index < -0.39 is 0 Å². The van der Waals surface area contributed by atoms with Crippen LogP contribution in [-0.4, -0.2) is 60.2 Å². The molecule has 0 radical (unpaired) electrons. The number of hydrogen-bond donors (Lipinski definition) is 0. The van der Waals surface area contributed by atoms with Gasteiger partial charge in [-0.05, 0) is 32.3 Å². The molecule has 2 aliphatic rings. The number of anilines is 1. The molecular formula is C24H32N4O2. The summed E-state index contributed by atoms with van der Waals surface area (Å²) >= 11 is 0. The Morgan fingerprint density at radius 2 is 1.83 bits per heavy atom. The summed E-state index contributed by atoms with van der Waals surface area (Å²) in [4.78, 5) is 26.7. The van der Waals surface area contributed by atoms with Gasteiger partial charge in [0, 0.05) is 50.5 Å². The van der Waals surface area contributed by atoms with Gasteiger partial charge in [-0.25, -0.2) is 9.97 Å². The van der Waals surface area contributed by atoms with E-state index in [4.69, 9.17) is 14.7 Å². The Balaban J connectivity index is 1.54. The summed E-state index contributed by atoms with van der Waals surface area (Å²) in [5.74, 6) is 2.15. The summed E-state index contributed by atoms with van der Waals surface area (Å²) in [6, 6.07) is 8.71. The summed E-state index contributed by atoms with van der Waals surface area (Å²) in [7, 11) is 0. The monoisotopic (exact) mass is 408 g/mol. The largest absolute Gasteiger partial charge is 0.381 e. The fraction of sp³-hybridized carbons (Fsp3) is 0.542. The molecule has 1 aromatic carbocycles. The number of piperazine rings is 1. The van der Waals surface area contributed by atoms with Crippen LogP contribution in [0.3, 0.4) is 0 Å². The lowest BCUT2D eigenvalue weighted by Gasteiger charge is -2.37. The summed E-state index contributed by atoms with van der Waals surface area (Å²) in [5, 5.41) is 0. The van der Waals surface area contributed by atoms with Gasteiger partial charge in [-0.2, -0.15) is 0 Å². The highest BCUT2D eigenvalue weighted by molar-refractivity contribution is 5.79. The normalized spacial score (nSPS) is 19.4. The number of aromatic nitrogens is 2. The zero-order valence-electron chi connectivity index (χ0n) is 18.4. The number of rotatable bonds is 5. The molecule has 0 unspecified atom stereocenters.